The largest absolute Gasteiger partial charge is 0.492 e. The normalized spacial score (nSPS) is 11.0. The van der Waals surface area contributed by atoms with Crippen LogP contribution in [0.2, 0.25) is 0 Å². The number of para-hydroxylation sites is 3. The van der Waals surface area contributed by atoms with E-state index in [1.54, 1.807) is 0 Å². The molecule has 0 spiro atoms. The molecule has 148 valence electrons. The van der Waals surface area contributed by atoms with E-state index in [-0.39, 0.29) is 11.7 Å². The number of carbonyl (C=O) groups excluding carboxylic acids is 1. The van der Waals surface area contributed by atoms with Crippen molar-refractivity contribution in [3.8, 4) is 17.1 Å². The molecular formula is C21H21N5O2S. The van der Waals surface area contributed by atoms with Crippen molar-refractivity contribution in [3.63, 3.8) is 0 Å². The molecule has 0 saturated heterocycles. The van der Waals surface area contributed by atoms with Gasteiger partial charge >= 0.3 is 0 Å². The molecule has 0 aliphatic carbocycles. The number of anilines is 1. The maximum Gasteiger partial charge on any atom is 0.234 e. The molecule has 4 rings (SSSR count). The van der Waals surface area contributed by atoms with E-state index in [1.807, 2.05) is 73.3 Å². The van der Waals surface area contributed by atoms with E-state index in [2.05, 4.69) is 20.5 Å². The zero-order chi connectivity index (χ0) is 20.2. The third-order valence-corrected chi connectivity index (χ3v) is 5.48. The minimum absolute atomic E-state index is 0.126. The van der Waals surface area contributed by atoms with E-state index < -0.39 is 0 Å². The van der Waals surface area contributed by atoms with Crippen LogP contribution in [0.1, 0.15) is 6.92 Å². The van der Waals surface area contributed by atoms with Gasteiger partial charge in [0.25, 0.3) is 0 Å². The van der Waals surface area contributed by atoms with Crippen molar-refractivity contribution in [1.29, 1.82) is 0 Å². The first-order chi connectivity index (χ1) is 14.2. The average molecular weight is 407 g/mol. The molecular weight excluding hydrogens is 386 g/mol. The fourth-order valence-corrected chi connectivity index (χ4v) is 3.81. The third kappa shape index (κ3) is 3.97. The maximum atomic E-state index is 12.4. The van der Waals surface area contributed by atoms with Gasteiger partial charge in [0.2, 0.25) is 5.91 Å². The summed E-state index contributed by atoms with van der Waals surface area (Å²) in [6.07, 6.45) is 1.93. The van der Waals surface area contributed by atoms with Gasteiger partial charge in [0, 0.05) is 29.7 Å². The van der Waals surface area contributed by atoms with Gasteiger partial charge in [-0.2, -0.15) is 0 Å². The summed E-state index contributed by atoms with van der Waals surface area (Å²) in [7, 11) is 1.90. The Morgan fingerprint density at radius 1 is 1.17 bits per heavy atom. The highest BCUT2D eigenvalue weighted by Gasteiger charge is 2.16. The maximum absolute atomic E-state index is 12.4. The van der Waals surface area contributed by atoms with Gasteiger partial charge < -0.3 is 19.6 Å². The molecule has 0 aliphatic heterocycles. The Kier molecular flexibility index (Phi) is 5.53. The second-order valence-corrected chi connectivity index (χ2v) is 7.32. The van der Waals surface area contributed by atoms with E-state index in [9.17, 15) is 4.79 Å². The number of H-pyrrole nitrogens is 1. The molecule has 2 aromatic heterocycles. The number of carbonyl (C=O) groups is 1. The summed E-state index contributed by atoms with van der Waals surface area (Å²) >= 11 is 1.34. The number of aromatic amines is 1. The Labute approximate surface area is 172 Å². The first-order valence-corrected chi connectivity index (χ1v) is 10.3. The van der Waals surface area contributed by atoms with Gasteiger partial charge in [-0.1, -0.05) is 42.1 Å². The lowest BCUT2D eigenvalue weighted by Gasteiger charge is -2.11. The minimum Gasteiger partial charge on any atom is -0.492 e. The Balaban J connectivity index is 1.45. The first kappa shape index (κ1) is 19.1. The number of rotatable bonds is 7. The molecule has 0 atom stereocenters. The Morgan fingerprint density at radius 2 is 1.97 bits per heavy atom. The standard InChI is InChI=1S/C21H21N5O2S/c1-3-28-18-11-7-6-10-17(18)23-19(27)13-29-21-25-24-20(26(21)2)15-12-22-16-9-5-4-8-14(15)16/h4-12,22H,3,13H2,1-2H3,(H,23,27). The zero-order valence-electron chi connectivity index (χ0n) is 16.2. The molecule has 29 heavy (non-hydrogen) atoms. The lowest BCUT2D eigenvalue weighted by atomic mass is 10.1. The summed E-state index contributed by atoms with van der Waals surface area (Å²) in [5, 5.41) is 13.3. The summed E-state index contributed by atoms with van der Waals surface area (Å²) < 4.78 is 7.45. The molecule has 0 fully saturated rings. The van der Waals surface area contributed by atoms with Crippen molar-refractivity contribution < 1.29 is 9.53 Å². The summed E-state index contributed by atoms with van der Waals surface area (Å²) in [5.41, 5.74) is 2.70. The second-order valence-electron chi connectivity index (χ2n) is 6.38. The summed E-state index contributed by atoms with van der Waals surface area (Å²) in [6.45, 7) is 2.45. The number of hydrogen-bond donors (Lipinski definition) is 2. The van der Waals surface area contributed by atoms with E-state index in [0.717, 1.165) is 22.3 Å². The van der Waals surface area contributed by atoms with Crippen molar-refractivity contribution in [3.05, 3.63) is 54.7 Å². The van der Waals surface area contributed by atoms with E-state index >= 15 is 0 Å². The van der Waals surface area contributed by atoms with Crippen molar-refractivity contribution >= 4 is 34.3 Å². The van der Waals surface area contributed by atoms with Crippen LogP contribution in [0, 0.1) is 0 Å². The van der Waals surface area contributed by atoms with E-state index in [0.29, 0.717) is 23.2 Å². The van der Waals surface area contributed by atoms with Crippen LogP contribution in [0.5, 0.6) is 5.75 Å². The summed E-state index contributed by atoms with van der Waals surface area (Å²) in [4.78, 5) is 15.7. The number of ether oxygens (including phenoxy) is 1. The van der Waals surface area contributed by atoms with E-state index in [4.69, 9.17) is 4.74 Å². The number of fused-ring (bicyclic) bond motifs is 1. The van der Waals surface area contributed by atoms with Gasteiger partial charge in [-0.05, 0) is 25.1 Å². The summed E-state index contributed by atoms with van der Waals surface area (Å²) in [5.74, 6) is 1.51. The van der Waals surface area contributed by atoms with Gasteiger partial charge in [-0.25, -0.2) is 0 Å². The van der Waals surface area contributed by atoms with Gasteiger partial charge in [-0.3, -0.25) is 4.79 Å². The van der Waals surface area contributed by atoms with E-state index in [1.165, 1.54) is 11.8 Å². The Morgan fingerprint density at radius 3 is 2.83 bits per heavy atom. The van der Waals surface area contributed by atoms with Crippen molar-refractivity contribution in [2.45, 2.75) is 12.1 Å². The van der Waals surface area contributed by atoms with Gasteiger partial charge in [-0.15, -0.1) is 10.2 Å². The van der Waals surface area contributed by atoms with Crippen LogP contribution in [0.3, 0.4) is 0 Å². The number of aromatic nitrogens is 4. The molecule has 2 aromatic carbocycles. The van der Waals surface area contributed by atoms with Gasteiger partial charge in [0.15, 0.2) is 11.0 Å². The molecule has 2 heterocycles. The predicted octanol–water partition coefficient (Wildman–Crippen LogP) is 4.09. The average Bonchev–Trinajstić information content (AvgIpc) is 3.31. The van der Waals surface area contributed by atoms with Crippen LogP contribution in [0.4, 0.5) is 5.69 Å². The van der Waals surface area contributed by atoms with Crippen LogP contribution in [-0.2, 0) is 11.8 Å². The Bertz CT molecular complexity index is 1150. The van der Waals surface area contributed by atoms with Gasteiger partial charge in [0.05, 0.1) is 18.0 Å². The van der Waals surface area contributed by atoms with Crippen LogP contribution < -0.4 is 10.1 Å². The fraction of sp³-hybridized carbons (Fsp3) is 0.190. The predicted molar refractivity (Wildman–Crippen MR) is 115 cm³/mol. The highest BCUT2D eigenvalue weighted by molar-refractivity contribution is 7.99. The number of nitrogens with zero attached hydrogens (tertiary/aromatic N) is 3. The van der Waals surface area contributed by atoms with Crippen molar-refractivity contribution in [2.24, 2.45) is 7.05 Å². The van der Waals surface area contributed by atoms with Crippen LogP contribution in [0.15, 0.2) is 59.9 Å². The summed E-state index contributed by atoms with van der Waals surface area (Å²) in [6, 6.07) is 15.5. The molecule has 0 aliphatic rings. The lowest BCUT2D eigenvalue weighted by molar-refractivity contribution is -0.113. The number of thioether (sulfide) groups is 1. The topological polar surface area (TPSA) is 84.8 Å². The number of hydrogen-bond acceptors (Lipinski definition) is 5. The third-order valence-electron chi connectivity index (χ3n) is 4.46. The van der Waals surface area contributed by atoms with Crippen molar-refractivity contribution in [2.75, 3.05) is 17.7 Å². The molecule has 0 unspecified atom stereocenters. The Hall–Kier alpha value is -3.26. The van der Waals surface area contributed by atoms with Gasteiger partial charge in [0.1, 0.15) is 5.75 Å². The molecule has 8 heteroatoms. The molecule has 1 amide bonds. The fourth-order valence-electron chi connectivity index (χ4n) is 3.10. The molecule has 0 radical (unpaired) electrons. The monoisotopic (exact) mass is 407 g/mol. The zero-order valence-corrected chi connectivity index (χ0v) is 17.0. The van der Waals surface area contributed by atoms with Crippen LogP contribution >= 0.6 is 11.8 Å². The second kappa shape index (κ2) is 8.40. The first-order valence-electron chi connectivity index (χ1n) is 9.27. The quantitative estimate of drug-likeness (QED) is 0.451. The molecule has 2 N–H and O–H groups in total. The smallest absolute Gasteiger partial charge is 0.234 e. The number of benzene rings is 2. The van der Waals surface area contributed by atoms with Crippen LogP contribution in [-0.4, -0.2) is 38.0 Å². The van der Waals surface area contributed by atoms with Crippen LogP contribution in [0.25, 0.3) is 22.3 Å². The molecule has 0 saturated carbocycles. The SMILES string of the molecule is CCOc1ccccc1NC(=O)CSc1nnc(-c2c[nH]c3ccccc23)n1C. The number of nitrogens with one attached hydrogen (secondary N) is 2. The lowest BCUT2D eigenvalue weighted by Crippen LogP contribution is -2.15. The highest BCUT2D eigenvalue weighted by Crippen LogP contribution is 2.29. The minimum atomic E-state index is -0.126. The number of amides is 1. The molecule has 7 nitrogen and oxygen atoms in total. The van der Waals surface area contributed by atoms with Crippen molar-refractivity contribution in [1.82, 2.24) is 19.7 Å². The highest BCUT2D eigenvalue weighted by atomic mass is 32.2. The molecule has 0 bridgehead atoms. The molecule has 4 aromatic rings.